The van der Waals surface area contributed by atoms with Gasteiger partial charge in [-0.15, -0.1) is 0 Å². The van der Waals surface area contributed by atoms with Gasteiger partial charge in [0.15, 0.2) is 0 Å². The first-order valence-electron chi connectivity index (χ1n) is 9.37. The maximum Gasteiger partial charge on any atom is 0.236 e. The third-order valence-electron chi connectivity index (χ3n) is 4.92. The number of hydrogen-bond donors (Lipinski definition) is 0. The second-order valence-corrected chi connectivity index (χ2v) is 7.20. The number of aromatic nitrogens is 2. The topological polar surface area (TPSA) is 71.7 Å². The van der Waals surface area contributed by atoms with Crippen LogP contribution in [0, 0.1) is 0 Å². The molecule has 0 aliphatic carbocycles. The number of rotatable bonds is 5. The molecule has 2 heterocycles. The van der Waals surface area contributed by atoms with Gasteiger partial charge < -0.3 is 19.1 Å². The van der Waals surface area contributed by atoms with Gasteiger partial charge >= 0.3 is 0 Å². The summed E-state index contributed by atoms with van der Waals surface area (Å²) in [5, 5.41) is 4.69. The first-order chi connectivity index (χ1) is 14.1. The van der Waals surface area contributed by atoms with Crippen LogP contribution in [0.5, 0.6) is 5.75 Å². The fourth-order valence-electron chi connectivity index (χ4n) is 3.31. The summed E-state index contributed by atoms with van der Waals surface area (Å²) in [7, 11) is 1.61. The first-order valence-corrected chi connectivity index (χ1v) is 9.75. The molecule has 0 unspecified atom stereocenters. The molecule has 1 fully saturated rings. The van der Waals surface area contributed by atoms with Crippen molar-refractivity contribution < 1.29 is 14.1 Å². The average molecular weight is 413 g/mol. The monoisotopic (exact) mass is 412 g/mol. The lowest BCUT2D eigenvalue weighted by Crippen LogP contribution is -2.49. The summed E-state index contributed by atoms with van der Waals surface area (Å²) in [5.74, 6) is 1.52. The quantitative estimate of drug-likeness (QED) is 0.640. The Kier molecular flexibility index (Phi) is 5.67. The van der Waals surface area contributed by atoms with Crippen molar-refractivity contribution in [2.24, 2.45) is 0 Å². The van der Waals surface area contributed by atoms with Crippen molar-refractivity contribution in [2.75, 3.05) is 38.2 Å². The van der Waals surface area contributed by atoms with Crippen LogP contribution in [-0.4, -0.2) is 54.2 Å². The zero-order chi connectivity index (χ0) is 20.2. The fourth-order valence-corrected chi connectivity index (χ4v) is 3.50. The Morgan fingerprint density at radius 2 is 1.90 bits per heavy atom. The molecule has 150 valence electrons. The number of ether oxygens (including phenoxy) is 1. The summed E-state index contributed by atoms with van der Waals surface area (Å²) in [6.45, 7) is 2.80. The van der Waals surface area contributed by atoms with E-state index in [-0.39, 0.29) is 12.3 Å². The number of anilines is 1. The second-order valence-electron chi connectivity index (χ2n) is 6.76. The van der Waals surface area contributed by atoms with Gasteiger partial charge in [0.25, 0.3) is 0 Å². The number of amides is 1. The molecule has 4 rings (SSSR count). The highest BCUT2D eigenvalue weighted by atomic mass is 35.5. The smallest absolute Gasteiger partial charge is 0.236 e. The Morgan fingerprint density at radius 1 is 1.14 bits per heavy atom. The Hall–Kier alpha value is -3.06. The summed E-state index contributed by atoms with van der Waals surface area (Å²) in [5.41, 5.74) is 1.88. The minimum Gasteiger partial charge on any atom is -0.497 e. The average Bonchev–Trinajstić information content (AvgIpc) is 3.22. The minimum absolute atomic E-state index is 0.0133. The summed E-state index contributed by atoms with van der Waals surface area (Å²) >= 11 is 6.07. The van der Waals surface area contributed by atoms with E-state index in [2.05, 4.69) is 15.0 Å². The molecule has 0 radical (unpaired) electrons. The fraction of sp³-hybridized carbons (Fsp3) is 0.286. The highest BCUT2D eigenvalue weighted by Crippen LogP contribution is 2.22. The molecule has 0 atom stereocenters. The van der Waals surface area contributed by atoms with Crippen molar-refractivity contribution in [3.8, 4) is 17.1 Å². The molecule has 0 spiro atoms. The van der Waals surface area contributed by atoms with Crippen molar-refractivity contribution in [1.29, 1.82) is 0 Å². The summed E-state index contributed by atoms with van der Waals surface area (Å²) in [4.78, 5) is 21.0. The predicted molar refractivity (Wildman–Crippen MR) is 110 cm³/mol. The van der Waals surface area contributed by atoms with Gasteiger partial charge in [0.1, 0.15) is 12.2 Å². The van der Waals surface area contributed by atoms with Crippen LogP contribution >= 0.6 is 11.6 Å². The van der Waals surface area contributed by atoms with Crippen LogP contribution in [0.2, 0.25) is 5.02 Å². The lowest BCUT2D eigenvalue weighted by atomic mass is 10.2. The lowest BCUT2D eigenvalue weighted by Gasteiger charge is -2.36. The van der Waals surface area contributed by atoms with E-state index < -0.39 is 0 Å². The maximum atomic E-state index is 12.6. The van der Waals surface area contributed by atoms with Crippen LogP contribution < -0.4 is 9.64 Å². The number of carbonyl (C=O) groups is 1. The number of hydrogen-bond acceptors (Lipinski definition) is 6. The van der Waals surface area contributed by atoms with E-state index in [1.54, 1.807) is 7.11 Å². The molecule has 0 saturated carbocycles. The van der Waals surface area contributed by atoms with Gasteiger partial charge in [0.2, 0.25) is 17.6 Å². The molecule has 0 N–H and O–H groups in total. The predicted octanol–water partition coefficient (Wildman–Crippen LogP) is 3.29. The third kappa shape index (κ3) is 4.51. The first kappa shape index (κ1) is 19.3. The van der Waals surface area contributed by atoms with E-state index in [0.717, 1.165) is 30.1 Å². The maximum absolute atomic E-state index is 12.6. The molecule has 1 aliphatic heterocycles. The molecule has 1 saturated heterocycles. The van der Waals surface area contributed by atoms with Crippen molar-refractivity contribution >= 4 is 23.2 Å². The van der Waals surface area contributed by atoms with Gasteiger partial charge in [-0.1, -0.05) is 22.8 Å². The van der Waals surface area contributed by atoms with E-state index in [9.17, 15) is 4.79 Å². The molecule has 1 aliphatic rings. The highest BCUT2D eigenvalue weighted by molar-refractivity contribution is 6.30. The summed E-state index contributed by atoms with van der Waals surface area (Å²) in [6, 6.07) is 15.1. The summed E-state index contributed by atoms with van der Waals surface area (Å²) < 4.78 is 10.4. The van der Waals surface area contributed by atoms with Gasteiger partial charge in [0, 0.05) is 42.5 Å². The Balaban J connectivity index is 1.34. The number of nitrogens with zero attached hydrogens (tertiary/aromatic N) is 4. The van der Waals surface area contributed by atoms with Crippen molar-refractivity contribution in [3.05, 3.63) is 59.4 Å². The Bertz CT molecular complexity index is 982. The minimum atomic E-state index is -0.0133. The standard InChI is InChI=1S/C21H21ClN4O3/c1-28-18-7-5-15(6-8-18)21-23-19(29-24-21)14-20(27)26-11-9-25(10-12-26)17-4-2-3-16(22)13-17/h2-8,13H,9-12,14H2,1H3. The zero-order valence-electron chi connectivity index (χ0n) is 16.0. The van der Waals surface area contributed by atoms with Crippen molar-refractivity contribution in [2.45, 2.75) is 6.42 Å². The molecule has 2 aromatic carbocycles. The van der Waals surface area contributed by atoms with Crippen molar-refractivity contribution in [1.82, 2.24) is 15.0 Å². The van der Waals surface area contributed by atoms with Crippen LogP contribution in [-0.2, 0) is 11.2 Å². The number of piperazine rings is 1. The van der Waals surface area contributed by atoms with Gasteiger partial charge in [-0.05, 0) is 42.5 Å². The molecule has 8 heteroatoms. The van der Waals surface area contributed by atoms with Gasteiger partial charge in [-0.25, -0.2) is 0 Å². The molecule has 1 aromatic heterocycles. The van der Waals surface area contributed by atoms with Gasteiger partial charge in [-0.3, -0.25) is 4.79 Å². The molecule has 0 bridgehead atoms. The Labute approximate surface area is 173 Å². The molecule has 29 heavy (non-hydrogen) atoms. The Morgan fingerprint density at radius 3 is 2.59 bits per heavy atom. The summed E-state index contributed by atoms with van der Waals surface area (Å²) in [6.07, 6.45) is 0.0975. The van der Waals surface area contributed by atoms with Crippen LogP contribution in [0.15, 0.2) is 53.1 Å². The van der Waals surface area contributed by atoms with Crippen LogP contribution in [0.1, 0.15) is 5.89 Å². The van der Waals surface area contributed by atoms with E-state index in [1.165, 1.54) is 0 Å². The van der Waals surface area contributed by atoms with Gasteiger partial charge in [-0.2, -0.15) is 4.98 Å². The van der Waals surface area contributed by atoms with Crippen molar-refractivity contribution in [3.63, 3.8) is 0 Å². The number of carbonyl (C=O) groups excluding carboxylic acids is 1. The number of benzene rings is 2. The molecule has 7 nitrogen and oxygen atoms in total. The molecule has 3 aromatic rings. The van der Waals surface area contributed by atoms with Gasteiger partial charge in [0.05, 0.1) is 7.11 Å². The van der Waals surface area contributed by atoms with E-state index in [0.29, 0.717) is 29.8 Å². The molecular formula is C21H21ClN4O3. The van der Waals surface area contributed by atoms with Crippen LogP contribution in [0.4, 0.5) is 5.69 Å². The lowest BCUT2D eigenvalue weighted by molar-refractivity contribution is -0.131. The van der Waals surface area contributed by atoms with Crippen LogP contribution in [0.25, 0.3) is 11.4 Å². The largest absolute Gasteiger partial charge is 0.497 e. The van der Waals surface area contributed by atoms with E-state index in [4.69, 9.17) is 20.9 Å². The second kappa shape index (κ2) is 8.53. The van der Waals surface area contributed by atoms with E-state index in [1.807, 2.05) is 53.4 Å². The zero-order valence-corrected chi connectivity index (χ0v) is 16.8. The molecular weight excluding hydrogens is 392 g/mol. The van der Waals surface area contributed by atoms with Crippen LogP contribution in [0.3, 0.4) is 0 Å². The van der Waals surface area contributed by atoms with E-state index >= 15 is 0 Å². The number of methoxy groups -OCH3 is 1. The highest BCUT2D eigenvalue weighted by Gasteiger charge is 2.23. The third-order valence-corrected chi connectivity index (χ3v) is 5.16. The molecule has 1 amide bonds. The normalized spacial score (nSPS) is 14.1. The SMILES string of the molecule is COc1ccc(-c2noc(CC(=O)N3CCN(c4cccc(Cl)c4)CC3)n2)cc1. The number of halogens is 1.